The molecule has 0 unspecified atom stereocenters. The fourth-order valence-electron chi connectivity index (χ4n) is 4.20. The molecule has 9 heteroatoms. The molecule has 1 aromatic heterocycles. The number of benzene rings is 2. The molecule has 1 amide bonds. The molecule has 3 aromatic rings. The van der Waals surface area contributed by atoms with Gasteiger partial charge in [0.05, 0.1) is 37.5 Å². The van der Waals surface area contributed by atoms with Gasteiger partial charge in [-0.2, -0.15) is 5.10 Å². The highest BCUT2D eigenvalue weighted by Crippen LogP contribution is 2.37. The second kappa shape index (κ2) is 10.2. The second-order valence-electron chi connectivity index (χ2n) is 8.21. The molecule has 2 fully saturated rings. The lowest BCUT2D eigenvalue weighted by molar-refractivity contribution is -0.123. The topological polar surface area (TPSA) is 65.8 Å². The van der Waals surface area contributed by atoms with E-state index in [4.69, 9.17) is 31.5 Å². The Balaban J connectivity index is 1.54. The number of carbonyl (C=O) groups excluding carboxylic acids is 1. The van der Waals surface area contributed by atoms with Crippen LogP contribution in [0.2, 0.25) is 0 Å². The number of rotatable bonds is 7. The summed E-state index contributed by atoms with van der Waals surface area (Å²) in [5.41, 5.74) is 3.29. The highest BCUT2D eigenvalue weighted by molar-refractivity contribution is 8.26. The number of nitrogens with zero attached hydrogens (tertiary/aromatic N) is 3. The van der Waals surface area contributed by atoms with Gasteiger partial charge in [0, 0.05) is 23.9 Å². The van der Waals surface area contributed by atoms with Crippen molar-refractivity contribution in [2.24, 2.45) is 0 Å². The third-order valence-electron chi connectivity index (χ3n) is 5.99. The van der Waals surface area contributed by atoms with Crippen molar-refractivity contribution in [2.75, 3.05) is 27.4 Å². The van der Waals surface area contributed by atoms with Gasteiger partial charge in [0.1, 0.15) is 10.0 Å². The molecule has 0 N–H and O–H groups in total. The van der Waals surface area contributed by atoms with Crippen LogP contribution in [0.4, 0.5) is 0 Å². The SMILES string of the molecule is COc1ccc(-c2nn(-c3ccccc3)cc2/C=C2\SC(=S)N(C[C@H]3CCCO3)C2=O)cc1OC. The second-order valence-corrected chi connectivity index (χ2v) is 9.89. The maximum Gasteiger partial charge on any atom is 0.266 e. The Morgan fingerprint density at radius 1 is 1.17 bits per heavy atom. The van der Waals surface area contributed by atoms with Crippen molar-refractivity contribution < 1.29 is 19.0 Å². The van der Waals surface area contributed by atoms with Crippen LogP contribution in [0.5, 0.6) is 11.5 Å². The molecule has 0 saturated carbocycles. The summed E-state index contributed by atoms with van der Waals surface area (Å²) in [6, 6.07) is 15.5. The smallest absolute Gasteiger partial charge is 0.266 e. The first kappa shape index (κ1) is 23.6. The van der Waals surface area contributed by atoms with Crippen LogP contribution >= 0.6 is 24.0 Å². The van der Waals surface area contributed by atoms with Crippen molar-refractivity contribution in [3.05, 3.63) is 65.2 Å². The number of thioether (sulfide) groups is 1. The summed E-state index contributed by atoms with van der Waals surface area (Å²) >= 11 is 6.85. The molecule has 180 valence electrons. The number of para-hydroxylation sites is 1. The van der Waals surface area contributed by atoms with E-state index in [0.717, 1.165) is 42.0 Å². The standard InChI is InChI=1S/C26H25N3O4S2/c1-31-21-11-10-17(13-22(21)32-2)24-18(15-29(27-24)19-7-4-3-5-8-19)14-23-25(30)28(26(34)35-23)16-20-9-6-12-33-20/h3-5,7-8,10-11,13-15,20H,6,9,12,16H2,1-2H3/b23-14-/t20-/m1/s1. The number of hydrogen-bond acceptors (Lipinski definition) is 7. The van der Waals surface area contributed by atoms with E-state index in [0.29, 0.717) is 27.3 Å². The average Bonchev–Trinajstić information content (AvgIpc) is 3.62. The van der Waals surface area contributed by atoms with Crippen molar-refractivity contribution in [3.8, 4) is 28.4 Å². The first-order valence-corrected chi connectivity index (χ1v) is 12.5. The van der Waals surface area contributed by atoms with Crippen LogP contribution in [0.15, 0.2) is 59.6 Å². The molecule has 0 aliphatic carbocycles. The van der Waals surface area contributed by atoms with Crippen LogP contribution in [0.25, 0.3) is 23.0 Å². The predicted octanol–water partition coefficient (Wildman–Crippen LogP) is 4.94. The van der Waals surface area contributed by atoms with E-state index >= 15 is 0 Å². The van der Waals surface area contributed by atoms with Gasteiger partial charge in [-0.1, -0.05) is 42.2 Å². The first-order valence-electron chi connectivity index (χ1n) is 11.3. The zero-order valence-electron chi connectivity index (χ0n) is 19.5. The highest BCUT2D eigenvalue weighted by atomic mass is 32.2. The Hall–Kier alpha value is -3.14. The number of methoxy groups -OCH3 is 2. The minimum atomic E-state index is -0.0961. The molecule has 7 nitrogen and oxygen atoms in total. The van der Waals surface area contributed by atoms with Crippen LogP contribution in [0.3, 0.4) is 0 Å². The Bertz CT molecular complexity index is 1280. The largest absolute Gasteiger partial charge is 0.493 e. The summed E-state index contributed by atoms with van der Waals surface area (Å²) < 4.78 is 19.0. The molecule has 35 heavy (non-hydrogen) atoms. The van der Waals surface area contributed by atoms with Crippen LogP contribution in [0.1, 0.15) is 18.4 Å². The molecule has 5 rings (SSSR count). The van der Waals surface area contributed by atoms with Crippen molar-refractivity contribution in [1.82, 2.24) is 14.7 Å². The number of aromatic nitrogens is 2. The molecule has 0 bridgehead atoms. The van der Waals surface area contributed by atoms with E-state index in [1.807, 2.05) is 65.5 Å². The molecular weight excluding hydrogens is 482 g/mol. The maximum absolute atomic E-state index is 13.2. The minimum Gasteiger partial charge on any atom is -0.493 e. The Morgan fingerprint density at radius 3 is 2.69 bits per heavy atom. The third-order valence-corrected chi connectivity index (χ3v) is 7.37. The lowest BCUT2D eigenvalue weighted by Gasteiger charge is -2.18. The van der Waals surface area contributed by atoms with E-state index in [1.54, 1.807) is 19.1 Å². The number of ether oxygens (including phenoxy) is 3. The van der Waals surface area contributed by atoms with Gasteiger partial charge in [-0.25, -0.2) is 4.68 Å². The molecule has 0 radical (unpaired) electrons. The van der Waals surface area contributed by atoms with E-state index in [-0.39, 0.29) is 12.0 Å². The van der Waals surface area contributed by atoms with E-state index in [2.05, 4.69) is 0 Å². The zero-order valence-corrected chi connectivity index (χ0v) is 21.1. The van der Waals surface area contributed by atoms with Gasteiger partial charge in [-0.15, -0.1) is 0 Å². The average molecular weight is 508 g/mol. The Morgan fingerprint density at radius 2 is 1.97 bits per heavy atom. The molecule has 3 heterocycles. The molecular formula is C26H25N3O4S2. The van der Waals surface area contributed by atoms with Crippen molar-refractivity contribution in [2.45, 2.75) is 18.9 Å². The summed E-state index contributed by atoms with van der Waals surface area (Å²) in [7, 11) is 3.20. The Kier molecular flexibility index (Phi) is 6.90. The summed E-state index contributed by atoms with van der Waals surface area (Å²) in [5.74, 6) is 1.14. The monoisotopic (exact) mass is 507 g/mol. The van der Waals surface area contributed by atoms with Gasteiger partial charge in [0.15, 0.2) is 11.5 Å². The van der Waals surface area contributed by atoms with E-state index in [1.165, 1.54) is 11.8 Å². The van der Waals surface area contributed by atoms with Gasteiger partial charge in [-0.3, -0.25) is 9.69 Å². The van der Waals surface area contributed by atoms with Crippen molar-refractivity contribution >= 4 is 40.3 Å². The molecule has 2 aliphatic rings. The van der Waals surface area contributed by atoms with E-state index < -0.39 is 0 Å². The van der Waals surface area contributed by atoms with Crippen molar-refractivity contribution in [3.63, 3.8) is 0 Å². The molecule has 2 aromatic carbocycles. The molecule has 1 atom stereocenters. The summed E-state index contributed by atoms with van der Waals surface area (Å²) in [6.07, 6.45) is 5.80. The first-order chi connectivity index (χ1) is 17.1. The normalized spacial score (nSPS) is 19.1. The van der Waals surface area contributed by atoms with Crippen LogP contribution in [-0.2, 0) is 9.53 Å². The van der Waals surface area contributed by atoms with Crippen LogP contribution in [0, 0.1) is 0 Å². The number of hydrogen-bond donors (Lipinski definition) is 0. The minimum absolute atomic E-state index is 0.0417. The fraction of sp³-hybridized carbons (Fsp3) is 0.269. The molecule has 0 spiro atoms. The highest BCUT2D eigenvalue weighted by Gasteiger charge is 2.35. The third kappa shape index (κ3) is 4.84. The number of carbonyl (C=O) groups is 1. The zero-order chi connectivity index (χ0) is 24.4. The number of thiocarbonyl (C=S) groups is 1. The van der Waals surface area contributed by atoms with E-state index in [9.17, 15) is 4.79 Å². The van der Waals surface area contributed by atoms with Gasteiger partial charge >= 0.3 is 0 Å². The van der Waals surface area contributed by atoms with Gasteiger partial charge in [0.25, 0.3) is 5.91 Å². The Labute approximate surface area is 213 Å². The predicted molar refractivity (Wildman–Crippen MR) is 141 cm³/mol. The summed E-state index contributed by atoms with van der Waals surface area (Å²) in [5, 5.41) is 4.86. The number of amides is 1. The van der Waals surface area contributed by atoms with Crippen LogP contribution in [-0.4, -0.2) is 58.4 Å². The quantitative estimate of drug-likeness (QED) is 0.332. The fourth-order valence-corrected chi connectivity index (χ4v) is 5.47. The summed E-state index contributed by atoms with van der Waals surface area (Å²) in [6.45, 7) is 1.23. The van der Waals surface area contributed by atoms with Gasteiger partial charge in [-0.05, 0) is 49.2 Å². The lowest BCUT2D eigenvalue weighted by Crippen LogP contribution is -2.35. The van der Waals surface area contributed by atoms with Crippen molar-refractivity contribution in [1.29, 1.82) is 0 Å². The van der Waals surface area contributed by atoms with Crippen LogP contribution < -0.4 is 9.47 Å². The van der Waals surface area contributed by atoms with Gasteiger partial charge < -0.3 is 14.2 Å². The van der Waals surface area contributed by atoms with Gasteiger partial charge in [0.2, 0.25) is 0 Å². The maximum atomic E-state index is 13.2. The lowest BCUT2D eigenvalue weighted by atomic mass is 10.1. The summed E-state index contributed by atoms with van der Waals surface area (Å²) in [4.78, 5) is 15.5. The molecule has 2 aliphatic heterocycles. The molecule has 2 saturated heterocycles.